The van der Waals surface area contributed by atoms with E-state index in [1.54, 1.807) is 7.11 Å². The Balaban J connectivity index is 2.11. The number of nitrogens with zero attached hydrogens (tertiary/aromatic N) is 1. The van der Waals surface area contributed by atoms with Crippen LogP contribution in [0.3, 0.4) is 0 Å². The molecule has 0 aliphatic carbocycles. The zero-order chi connectivity index (χ0) is 13.2. The SMILES string of the molecule is COc1ccc(Nc2cc(C(C)(C)C)n[nH]2)cc1. The Kier molecular flexibility index (Phi) is 3.28. The van der Waals surface area contributed by atoms with E-state index >= 15 is 0 Å². The van der Waals surface area contributed by atoms with Gasteiger partial charge in [0, 0.05) is 17.2 Å². The lowest BCUT2D eigenvalue weighted by Gasteiger charge is -2.13. The number of nitrogens with one attached hydrogen (secondary N) is 2. The number of methoxy groups -OCH3 is 1. The molecule has 0 unspecified atom stereocenters. The average molecular weight is 245 g/mol. The van der Waals surface area contributed by atoms with E-state index in [0.717, 1.165) is 22.9 Å². The third kappa shape index (κ3) is 2.83. The summed E-state index contributed by atoms with van der Waals surface area (Å²) >= 11 is 0. The summed E-state index contributed by atoms with van der Waals surface area (Å²) < 4.78 is 5.12. The lowest BCUT2D eigenvalue weighted by Crippen LogP contribution is -2.11. The van der Waals surface area contributed by atoms with Gasteiger partial charge in [-0.15, -0.1) is 0 Å². The van der Waals surface area contributed by atoms with Gasteiger partial charge >= 0.3 is 0 Å². The standard InChI is InChI=1S/C14H19N3O/c1-14(2,3)12-9-13(17-16-12)15-10-5-7-11(18-4)8-6-10/h5-9H,1-4H3,(H2,15,16,17). The molecule has 0 aliphatic heterocycles. The molecule has 2 rings (SSSR count). The van der Waals surface area contributed by atoms with Crippen LogP contribution in [0.2, 0.25) is 0 Å². The highest BCUT2D eigenvalue weighted by atomic mass is 16.5. The first kappa shape index (κ1) is 12.5. The molecular weight excluding hydrogens is 226 g/mol. The van der Waals surface area contributed by atoms with Crippen molar-refractivity contribution in [2.24, 2.45) is 0 Å². The van der Waals surface area contributed by atoms with E-state index in [0.29, 0.717) is 0 Å². The van der Waals surface area contributed by atoms with Crippen molar-refractivity contribution in [2.45, 2.75) is 26.2 Å². The van der Waals surface area contributed by atoms with Gasteiger partial charge in [0.15, 0.2) is 0 Å². The number of hydrogen-bond acceptors (Lipinski definition) is 3. The molecule has 18 heavy (non-hydrogen) atoms. The molecule has 4 heteroatoms. The molecule has 96 valence electrons. The maximum atomic E-state index is 5.12. The van der Waals surface area contributed by atoms with Crippen LogP contribution >= 0.6 is 0 Å². The first-order valence-corrected chi connectivity index (χ1v) is 5.96. The van der Waals surface area contributed by atoms with Crippen LogP contribution in [-0.4, -0.2) is 17.3 Å². The number of anilines is 2. The highest BCUT2D eigenvalue weighted by Gasteiger charge is 2.17. The van der Waals surface area contributed by atoms with Crippen LogP contribution < -0.4 is 10.1 Å². The van der Waals surface area contributed by atoms with E-state index in [4.69, 9.17) is 4.74 Å². The molecular formula is C14H19N3O. The Labute approximate surface area is 107 Å². The summed E-state index contributed by atoms with van der Waals surface area (Å²) in [5, 5.41) is 10.6. The summed E-state index contributed by atoms with van der Waals surface area (Å²) in [6.07, 6.45) is 0. The van der Waals surface area contributed by atoms with Crippen molar-refractivity contribution < 1.29 is 4.74 Å². The third-order valence-electron chi connectivity index (χ3n) is 2.72. The number of H-pyrrole nitrogens is 1. The highest BCUT2D eigenvalue weighted by Crippen LogP contribution is 2.24. The number of rotatable bonds is 3. The molecule has 0 atom stereocenters. The molecule has 0 radical (unpaired) electrons. The number of hydrogen-bond donors (Lipinski definition) is 2. The van der Waals surface area contributed by atoms with Gasteiger partial charge in [0.2, 0.25) is 0 Å². The Hall–Kier alpha value is -1.97. The van der Waals surface area contributed by atoms with Gasteiger partial charge in [-0.05, 0) is 24.3 Å². The monoisotopic (exact) mass is 245 g/mol. The van der Waals surface area contributed by atoms with Crippen molar-refractivity contribution in [3.05, 3.63) is 36.0 Å². The van der Waals surface area contributed by atoms with Gasteiger partial charge in [-0.25, -0.2) is 0 Å². The van der Waals surface area contributed by atoms with Gasteiger partial charge < -0.3 is 10.1 Å². The van der Waals surface area contributed by atoms with Gasteiger partial charge in [-0.1, -0.05) is 20.8 Å². The van der Waals surface area contributed by atoms with Crippen LogP contribution in [0, 0.1) is 0 Å². The van der Waals surface area contributed by atoms with Crippen molar-refractivity contribution >= 4 is 11.5 Å². The first-order chi connectivity index (χ1) is 8.49. The molecule has 0 saturated heterocycles. The van der Waals surface area contributed by atoms with Crippen LogP contribution in [-0.2, 0) is 5.41 Å². The highest BCUT2D eigenvalue weighted by molar-refractivity contribution is 5.57. The molecule has 0 saturated carbocycles. The molecule has 0 amide bonds. The van der Waals surface area contributed by atoms with Crippen LogP contribution in [0.15, 0.2) is 30.3 Å². The van der Waals surface area contributed by atoms with Crippen molar-refractivity contribution in [3.8, 4) is 5.75 Å². The predicted octanol–water partition coefficient (Wildman–Crippen LogP) is 3.46. The van der Waals surface area contributed by atoms with Crippen molar-refractivity contribution in [3.63, 3.8) is 0 Å². The van der Waals surface area contributed by atoms with E-state index in [1.807, 2.05) is 30.3 Å². The molecule has 0 spiro atoms. The number of aromatic amines is 1. The number of ether oxygens (including phenoxy) is 1. The van der Waals surface area contributed by atoms with Crippen molar-refractivity contribution in [1.29, 1.82) is 0 Å². The largest absolute Gasteiger partial charge is 0.497 e. The summed E-state index contributed by atoms with van der Waals surface area (Å²) in [5.41, 5.74) is 2.09. The molecule has 2 N–H and O–H groups in total. The number of aromatic nitrogens is 2. The molecule has 1 heterocycles. The van der Waals surface area contributed by atoms with Crippen LogP contribution in [0.1, 0.15) is 26.5 Å². The summed E-state index contributed by atoms with van der Waals surface area (Å²) in [7, 11) is 1.66. The van der Waals surface area contributed by atoms with Crippen LogP contribution in [0.5, 0.6) is 5.75 Å². The second-order valence-electron chi connectivity index (χ2n) is 5.27. The Morgan fingerprint density at radius 3 is 2.33 bits per heavy atom. The zero-order valence-corrected chi connectivity index (χ0v) is 11.2. The maximum absolute atomic E-state index is 5.12. The molecule has 1 aromatic carbocycles. The zero-order valence-electron chi connectivity index (χ0n) is 11.2. The summed E-state index contributed by atoms with van der Waals surface area (Å²) in [6, 6.07) is 9.81. The minimum absolute atomic E-state index is 0.0519. The van der Waals surface area contributed by atoms with E-state index < -0.39 is 0 Å². The first-order valence-electron chi connectivity index (χ1n) is 5.96. The Bertz CT molecular complexity index is 509. The normalized spacial score (nSPS) is 11.3. The number of benzene rings is 1. The average Bonchev–Trinajstić information content (AvgIpc) is 2.78. The van der Waals surface area contributed by atoms with Gasteiger partial charge in [0.25, 0.3) is 0 Å². The summed E-state index contributed by atoms with van der Waals surface area (Å²) in [6.45, 7) is 6.42. The fraction of sp³-hybridized carbons (Fsp3) is 0.357. The predicted molar refractivity (Wildman–Crippen MR) is 73.6 cm³/mol. The third-order valence-corrected chi connectivity index (χ3v) is 2.72. The molecule has 2 aromatic rings. The molecule has 0 bridgehead atoms. The van der Waals surface area contributed by atoms with Crippen LogP contribution in [0.25, 0.3) is 0 Å². The minimum atomic E-state index is 0.0519. The van der Waals surface area contributed by atoms with E-state index in [1.165, 1.54) is 0 Å². The van der Waals surface area contributed by atoms with E-state index in [-0.39, 0.29) is 5.41 Å². The quantitative estimate of drug-likeness (QED) is 0.870. The lowest BCUT2D eigenvalue weighted by molar-refractivity contribution is 0.415. The van der Waals surface area contributed by atoms with E-state index in [2.05, 4.69) is 36.3 Å². The lowest BCUT2D eigenvalue weighted by atomic mass is 9.92. The smallest absolute Gasteiger partial charge is 0.126 e. The fourth-order valence-electron chi connectivity index (χ4n) is 1.60. The second kappa shape index (κ2) is 4.72. The Morgan fingerprint density at radius 1 is 1.17 bits per heavy atom. The van der Waals surface area contributed by atoms with E-state index in [9.17, 15) is 0 Å². The molecule has 4 nitrogen and oxygen atoms in total. The fourth-order valence-corrected chi connectivity index (χ4v) is 1.60. The van der Waals surface area contributed by atoms with Gasteiger partial charge in [-0.2, -0.15) is 5.10 Å². The maximum Gasteiger partial charge on any atom is 0.126 e. The van der Waals surface area contributed by atoms with Crippen LogP contribution in [0.4, 0.5) is 11.5 Å². The molecule has 0 fully saturated rings. The summed E-state index contributed by atoms with van der Waals surface area (Å²) in [5.74, 6) is 1.74. The van der Waals surface area contributed by atoms with Gasteiger partial charge in [0.1, 0.15) is 11.6 Å². The molecule has 1 aromatic heterocycles. The second-order valence-corrected chi connectivity index (χ2v) is 5.27. The van der Waals surface area contributed by atoms with Gasteiger partial charge in [0.05, 0.1) is 12.8 Å². The molecule has 0 aliphatic rings. The van der Waals surface area contributed by atoms with Gasteiger partial charge in [-0.3, -0.25) is 5.10 Å². The van der Waals surface area contributed by atoms with Crippen molar-refractivity contribution in [2.75, 3.05) is 12.4 Å². The summed E-state index contributed by atoms with van der Waals surface area (Å²) in [4.78, 5) is 0. The van der Waals surface area contributed by atoms with Crippen molar-refractivity contribution in [1.82, 2.24) is 10.2 Å². The Morgan fingerprint density at radius 2 is 1.83 bits per heavy atom. The topological polar surface area (TPSA) is 49.9 Å². The minimum Gasteiger partial charge on any atom is -0.497 e.